The molecule has 1 heterocycles. The second-order valence-electron chi connectivity index (χ2n) is 6.23. The molecule has 0 radical (unpaired) electrons. The first-order chi connectivity index (χ1) is 11.4. The Morgan fingerprint density at radius 1 is 1.33 bits per heavy atom. The number of esters is 1. The van der Waals surface area contributed by atoms with Crippen molar-refractivity contribution >= 4 is 17.9 Å². The van der Waals surface area contributed by atoms with Crippen LogP contribution in [0.4, 0.5) is 4.79 Å². The number of hydrogen-bond donors (Lipinski definition) is 2. The first-order valence-corrected chi connectivity index (χ1v) is 8.14. The summed E-state index contributed by atoms with van der Waals surface area (Å²) in [4.78, 5) is 35.4. The topological polar surface area (TPSA) is 102 Å². The number of amides is 3. The van der Waals surface area contributed by atoms with Crippen LogP contribution in [0.15, 0.2) is 6.20 Å². The molecule has 1 aliphatic carbocycles. The Kier molecular flexibility index (Phi) is 5.94. The number of imide groups is 1. The third kappa shape index (κ3) is 4.56. The largest absolute Gasteiger partial charge is 0.452 e. The number of nitrogens with one attached hydrogen (secondary N) is 2. The van der Waals surface area contributed by atoms with Crippen LogP contribution in [0.1, 0.15) is 48.7 Å². The summed E-state index contributed by atoms with van der Waals surface area (Å²) in [5.41, 5.74) is 0.940. The van der Waals surface area contributed by atoms with Crippen LogP contribution in [0.3, 0.4) is 0 Å². The van der Waals surface area contributed by atoms with Crippen molar-refractivity contribution in [2.24, 2.45) is 13.0 Å². The minimum absolute atomic E-state index is 0.0761. The van der Waals surface area contributed by atoms with Gasteiger partial charge in [0.05, 0.1) is 6.20 Å². The van der Waals surface area contributed by atoms with E-state index in [0.29, 0.717) is 17.2 Å². The Labute approximate surface area is 140 Å². The number of aryl methyl sites for hydroxylation is 1. The molecular formula is C16H24N4O4. The fraction of sp³-hybridized carbons (Fsp3) is 0.625. The van der Waals surface area contributed by atoms with Crippen molar-refractivity contribution < 1.29 is 19.1 Å². The van der Waals surface area contributed by atoms with Gasteiger partial charge >= 0.3 is 12.0 Å². The third-order valence-corrected chi connectivity index (χ3v) is 4.47. The molecule has 0 aromatic carbocycles. The van der Waals surface area contributed by atoms with Gasteiger partial charge in [0, 0.05) is 18.8 Å². The minimum Gasteiger partial charge on any atom is -0.452 e. The lowest BCUT2D eigenvalue weighted by Crippen LogP contribution is -2.48. The highest BCUT2D eigenvalue weighted by Gasteiger charge is 2.23. The standard InChI is InChI=1S/C16H24N4O4/c1-10-6-4-5-7-13(10)18-16(23)19-14(21)9-24-15(22)12-8-17-20(3)11(12)2/h8,10,13H,4-7,9H2,1-3H3,(H2,18,19,21,23). The number of carbonyl (C=O) groups is 3. The zero-order chi connectivity index (χ0) is 17.7. The first kappa shape index (κ1) is 18.0. The molecule has 132 valence electrons. The number of urea groups is 1. The van der Waals surface area contributed by atoms with E-state index in [4.69, 9.17) is 4.74 Å². The second kappa shape index (κ2) is 7.94. The van der Waals surface area contributed by atoms with Crippen molar-refractivity contribution in [3.63, 3.8) is 0 Å². The lowest BCUT2D eigenvalue weighted by molar-refractivity contribution is -0.123. The Morgan fingerprint density at radius 3 is 2.67 bits per heavy atom. The van der Waals surface area contributed by atoms with Gasteiger partial charge in [0.15, 0.2) is 6.61 Å². The van der Waals surface area contributed by atoms with Crippen molar-refractivity contribution in [2.75, 3.05) is 6.61 Å². The highest BCUT2D eigenvalue weighted by atomic mass is 16.5. The van der Waals surface area contributed by atoms with Gasteiger partial charge in [-0.25, -0.2) is 9.59 Å². The van der Waals surface area contributed by atoms with E-state index < -0.39 is 24.5 Å². The summed E-state index contributed by atoms with van der Waals surface area (Å²) in [5.74, 6) is -0.908. The minimum atomic E-state index is -0.661. The van der Waals surface area contributed by atoms with Crippen molar-refractivity contribution in [2.45, 2.75) is 45.6 Å². The monoisotopic (exact) mass is 336 g/mol. The van der Waals surface area contributed by atoms with E-state index in [2.05, 4.69) is 22.7 Å². The average Bonchev–Trinajstić information content (AvgIpc) is 2.87. The summed E-state index contributed by atoms with van der Waals surface area (Å²) in [5, 5.41) is 8.93. The van der Waals surface area contributed by atoms with E-state index in [9.17, 15) is 14.4 Å². The number of nitrogens with zero attached hydrogens (tertiary/aromatic N) is 2. The maximum absolute atomic E-state index is 11.9. The van der Waals surface area contributed by atoms with E-state index in [1.165, 1.54) is 17.3 Å². The number of carbonyl (C=O) groups excluding carboxylic acids is 3. The predicted octanol–water partition coefficient (Wildman–Crippen LogP) is 1.29. The Morgan fingerprint density at radius 2 is 2.04 bits per heavy atom. The average molecular weight is 336 g/mol. The predicted molar refractivity (Wildman–Crippen MR) is 86.3 cm³/mol. The molecule has 8 heteroatoms. The molecule has 2 rings (SSSR count). The molecule has 0 aliphatic heterocycles. The van der Waals surface area contributed by atoms with Gasteiger partial charge in [0.2, 0.25) is 0 Å². The number of hydrogen-bond acceptors (Lipinski definition) is 5. The molecule has 0 bridgehead atoms. The van der Waals surface area contributed by atoms with Crippen LogP contribution in [0.2, 0.25) is 0 Å². The first-order valence-electron chi connectivity index (χ1n) is 8.14. The van der Waals surface area contributed by atoms with Crippen LogP contribution in [0.5, 0.6) is 0 Å². The summed E-state index contributed by atoms with van der Waals surface area (Å²) in [6, 6.07) is -0.473. The summed E-state index contributed by atoms with van der Waals surface area (Å²) in [6.45, 7) is 3.30. The highest BCUT2D eigenvalue weighted by Crippen LogP contribution is 2.23. The van der Waals surface area contributed by atoms with Gasteiger partial charge in [0.25, 0.3) is 5.91 Å². The molecule has 8 nitrogen and oxygen atoms in total. The number of ether oxygens (including phenoxy) is 1. The molecule has 1 aromatic rings. The van der Waals surface area contributed by atoms with Gasteiger partial charge < -0.3 is 10.1 Å². The zero-order valence-electron chi connectivity index (χ0n) is 14.3. The van der Waals surface area contributed by atoms with Gasteiger partial charge in [-0.1, -0.05) is 19.8 Å². The maximum atomic E-state index is 11.9. The van der Waals surface area contributed by atoms with Gasteiger partial charge in [-0.2, -0.15) is 5.10 Å². The van der Waals surface area contributed by atoms with Crippen LogP contribution in [0.25, 0.3) is 0 Å². The quantitative estimate of drug-likeness (QED) is 0.807. The fourth-order valence-corrected chi connectivity index (χ4v) is 2.81. The molecule has 0 spiro atoms. The molecular weight excluding hydrogens is 312 g/mol. The van der Waals surface area contributed by atoms with Crippen LogP contribution in [0, 0.1) is 12.8 Å². The fourth-order valence-electron chi connectivity index (χ4n) is 2.81. The van der Waals surface area contributed by atoms with Gasteiger partial charge in [-0.3, -0.25) is 14.8 Å². The van der Waals surface area contributed by atoms with Crippen LogP contribution >= 0.6 is 0 Å². The Hall–Kier alpha value is -2.38. The number of aromatic nitrogens is 2. The van der Waals surface area contributed by atoms with Crippen LogP contribution in [-0.2, 0) is 16.6 Å². The van der Waals surface area contributed by atoms with E-state index in [-0.39, 0.29) is 6.04 Å². The van der Waals surface area contributed by atoms with Crippen molar-refractivity contribution in [1.82, 2.24) is 20.4 Å². The van der Waals surface area contributed by atoms with Crippen LogP contribution in [-0.4, -0.2) is 40.3 Å². The smallest absolute Gasteiger partial charge is 0.342 e. The van der Waals surface area contributed by atoms with Crippen molar-refractivity contribution in [1.29, 1.82) is 0 Å². The number of rotatable bonds is 4. The molecule has 2 unspecified atom stereocenters. The Bertz CT molecular complexity index is 626. The summed E-state index contributed by atoms with van der Waals surface area (Å²) in [6.07, 6.45) is 5.61. The molecule has 1 aliphatic rings. The molecule has 1 aromatic heterocycles. The van der Waals surface area contributed by atoms with Gasteiger partial charge in [-0.15, -0.1) is 0 Å². The second-order valence-corrected chi connectivity index (χ2v) is 6.23. The van der Waals surface area contributed by atoms with Crippen molar-refractivity contribution in [3.8, 4) is 0 Å². The summed E-state index contributed by atoms with van der Waals surface area (Å²) < 4.78 is 6.45. The summed E-state index contributed by atoms with van der Waals surface area (Å²) in [7, 11) is 1.70. The SMILES string of the molecule is Cc1c(C(=O)OCC(=O)NC(=O)NC2CCCCC2C)cnn1C. The molecule has 2 atom stereocenters. The normalized spacial score (nSPS) is 20.3. The lowest BCUT2D eigenvalue weighted by Gasteiger charge is -2.29. The van der Waals surface area contributed by atoms with E-state index in [1.54, 1.807) is 14.0 Å². The third-order valence-electron chi connectivity index (χ3n) is 4.47. The van der Waals surface area contributed by atoms with Gasteiger partial charge in [-0.05, 0) is 25.7 Å². The lowest BCUT2D eigenvalue weighted by atomic mass is 9.86. The van der Waals surface area contributed by atoms with Gasteiger partial charge in [0.1, 0.15) is 5.56 Å². The van der Waals surface area contributed by atoms with E-state index >= 15 is 0 Å². The van der Waals surface area contributed by atoms with Crippen molar-refractivity contribution in [3.05, 3.63) is 17.5 Å². The molecule has 3 amide bonds. The molecule has 0 saturated heterocycles. The maximum Gasteiger partial charge on any atom is 0.342 e. The molecule has 1 saturated carbocycles. The zero-order valence-corrected chi connectivity index (χ0v) is 14.3. The van der Waals surface area contributed by atoms with E-state index in [0.717, 1.165) is 19.3 Å². The molecule has 24 heavy (non-hydrogen) atoms. The molecule has 2 N–H and O–H groups in total. The molecule has 1 fully saturated rings. The Balaban J connectivity index is 1.75. The van der Waals surface area contributed by atoms with E-state index in [1.807, 2.05) is 0 Å². The summed E-state index contributed by atoms with van der Waals surface area (Å²) >= 11 is 0. The highest BCUT2D eigenvalue weighted by molar-refractivity contribution is 5.97. The van der Waals surface area contributed by atoms with Crippen LogP contribution < -0.4 is 10.6 Å².